The Hall–Kier alpha value is -0.610. The number of carbonyl (C=O) groups excluding carboxylic acids is 1. The predicted molar refractivity (Wildman–Crippen MR) is 53.0 cm³/mol. The third-order valence-corrected chi connectivity index (χ3v) is 3.24. The quantitative estimate of drug-likeness (QED) is 0.582. The van der Waals surface area contributed by atoms with Gasteiger partial charge in [0.05, 0.1) is 6.04 Å². The summed E-state index contributed by atoms with van der Waals surface area (Å²) in [6.07, 6.45) is 0. The van der Waals surface area contributed by atoms with Gasteiger partial charge in [0.1, 0.15) is 6.61 Å². The maximum Gasteiger partial charge on any atom is 0.302 e. The van der Waals surface area contributed by atoms with Gasteiger partial charge in [-0.3, -0.25) is 14.6 Å². The molecule has 4 unspecified atom stereocenters. The van der Waals surface area contributed by atoms with E-state index in [4.69, 9.17) is 4.74 Å². The van der Waals surface area contributed by atoms with E-state index in [-0.39, 0.29) is 5.97 Å². The Morgan fingerprint density at radius 1 is 1.36 bits per heavy atom. The molecular weight excluding hydrogens is 180 g/mol. The van der Waals surface area contributed by atoms with Crippen molar-refractivity contribution in [3.8, 4) is 0 Å². The summed E-state index contributed by atoms with van der Waals surface area (Å²) in [7, 11) is 0. The highest BCUT2D eigenvalue weighted by molar-refractivity contribution is 5.65. The lowest BCUT2D eigenvalue weighted by Crippen LogP contribution is -2.65. The summed E-state index contributed by atoms with van der Waals surface area (Å²) in [5, 5.41) is 0. The van der Waals surface area contributed by atoms with Gasteiger partial charge in [-0.15, -0.1) is 0 Å². The first-order chi connectivity index (χ1) is 6.66. The molecule has 0 aromatic carbocycles. The molecule has 0 N–H and O–H groups in total. The van der Waals surface area contributed by atoms with E-state index in [1.165, 1.54) is 6.92 Å². The van der Waals surface area contributed by atoms with Crippen molar-refractivity contribution in [2.75, 3.05) is 32.8 Å². The minimum atomic E-state index is -0.171. The highest BCUT2D eigenvalue weighted by Gasteiger charge is 2.36. The van der Waals surface area contributed by atoms with Crippen LogP contribution >= 0.6 is 0 Å². The van der Waals surface area contributed by atoms with Gasteiger partial charge < -0.3 is 4.74 Å². The van der Waals surface area contributed by atoms with Crippen LogP contribution in [0.1, 0.15) is 13.8 Å². The number of carbonyl (C=O) groups is 1. The zero-order chi connectivity index (χ0) is 10.1. The number of nitrogens with zero attached hydrogens (tertiary/aromatic N) is 2. The van der Waals surface area contributed by atoms with Crippen LogP contribution in [0.25, 0.3) is 0 Å². The minimum absolute atomic E-state index is 0.171. The van der Waals surface area contributed by atoms with Crippen LogP contribution in [0, 0.1) is 0 Å². The lowest BCUT2D eigenvalue weighted by molar-refractivity contribution is -0.145. The molecule has 0 aromatic rings. The van der Waals surface area contributed by atoms with Gasteiger partial charge in [0.25, 0.3) is 0 Å². The van der Waals surface area contributed by atoms with Gasteiger partial charge in [-0.05, 0) is 6.92 Å². The monoisotopic (exact) mass is 198 g/mol. The van der Waals surface area contributed by atoms with Crippen molar-refractivity contribution < 1.29 is 9.53 Å². The van der Waals surface area contributed by atoms with Crippen LogP contribution in [0.5, 0.6) is 0 Å². The van der Waals surface area contributed by atoms with Gasteiger partial charge >= 0.3 is 5.97 Å². The number of fused-ring (bicyclic) bond motifs is 3. The zero-order valence-corrected chi connectivity index (χ0v) is 8.90. The van der Waals surface area contributed by atoms with Gasteiger partial charge in [0.2, 0.25) is 0 Å². The van der Waals surface area contributed by atoms with E-state index in [0.717, 1.165) is 26.2 Å². The molecule has 3 heterocycles. The Labute approximate surface area is 84.8 Å². The van der Waals surface area contributed by atoms with Crippen molar-refractivity contribution in [3.63, 3.8) is 0 Å². The molecule has 0 aliphatic carbocycles. The molecule has 3 fully saturated rings. The maximum atomic E-state index is 10.7. The van der Waals surface area contributed by atoms with E-state index >= 15 is 0 Å². The molecule has 0 saturated carbocycles. The van der Waals surface area contributed by atoms with Crippen LogP contribution in [-0.2, 0) is 9.53 Å². The first-order valence-corrected chi connectivity index (χ1v) is 5.28. The minimum Gasteiger partial charge on any atom is -0.464 e. The fourth-order valence-electron chi connectivity index (χ4n) is 2.38. The summed E-state index contributed by atoms with van der Waals surface area (Å²) in [6.45, 7) is 8.74. The topological polar surface area (TPSA) is 32.8 Å². The molecule has 0 amide bonds. The normalized spacial score (nSPS) is 41.0. The lowest BCUT2D eigenvalue weighted by atomic mass is 10.0. The number of ether oxygens (including phenoxy) is 1. The fraction of sp³-hybridized carbons (Fsp3) is 0.900. The van der Waals surface area contributed by atoms with Crippen LogP contribution in [0.4, 0.5) is 0 Å². The predicted octanol–water partition coefficient (Wildman–Crippen LogP) is -0.0622. The smallest absolute Gasteiger partial charge is 0.302 e. The van der Waals surface area contributed by atoms with E-state index in [0.29, 0.717) is 18.7 Å². The average molecular weight is 198 g/mol. The summed E-state index contributed by atoms with van der Waals surface area (Å²) in [6, 6.07) is 1.08. The number of hydrogen-bond donors (Lipinski definition) is 0. The van der Waals surface area contributed by atoms with Gasteiger partial charge in [-0.2, -0.15) is 0 Å². The van der Waals surface area contributed by atoms with Gasteiger partial charge in [-0.25, -0.2) is 0 Å². The van der Waals surface area contributed by atoms with E-state index < -0.39 is 0 Å². The van der Waals surface area contributed by atoms with Crippen molar-refractivity contribution in [1.29, 1.82) is 0 Å². The third-order valence-electron chi connectivity index (χ3n) is 3.24. The number of piperazine rings is 3. The molecule has 4 heteroatoms. The molecule has 3 aliphatic rings. The average Bonchev–Trinajstić information content (AvgIpc) is 2.16. The van der Waals surface area contributed by atoms with Crippen molar-refractivity contribution in [2.45, 2.75) is 25.9 Å². The molecule has 0 aromatic heterocycles. The Morgan fingerprint density at radius 2 is 2.07 bits per heavy atom. The molecular formula is C10H18N2O2. The number of hydrogen-bond acceptors (Lipinski definition) is 4. The highest BCUT2D eigenvalue weighted by Crippen LogP contribution is 2.20. The summed E-state index contributed by atoms with van der Waals surface area (Å²) in [5.74, 6) is -0.171. The molecule has 80 valence electrons. The van der Waals surface area contributed by atoms with E-state index in [1.807, 2.05) is 0 Å². The van der Waals surface area contributed by atoms with Crippen molar-refractivity contribution in [3.05, 3.63) is 0 Å². The molecule has 4 nitrogen and oxygen atoms in total. The van der Waals surface area contributed by atoms with E-state index in [2.05, 4.69) is 16.7 Å². The van der Waals surface area contributed by atoms with E-state index in [9.17, 15) is 4.79 Å². The van der Waals surface area contributed by atoms with Crippen LogP contribution < -0.4 is 0 Å². The van der Waals surface area contributed by atoms with Crippen LogP contribution in [0.15, 0.2) is 0 Å². The Morgan fingerprint density at radius 3 is 2.57 bits per heavy atom. The maximum absolute atomic E-state index is 10.7. The molecule has 3 aliphatic heterocycles. The molecule has 4 atom stereocenters. The van der Waals surface area contributed by atoms with Crippen LogP contribution in [0.2, 0.25) is 0 Å². The first-order valence-electron chi connectivity index (χ1n) is 5.28. The molecule has 14 heavy (non-hydrogen) atoms. The molecule has 2 bridgehead atoms. The zero-order valence-electron chi connectivity index (χ0n) is 8.90. The van der Waals surface area contributed by atoms with Crippen LogP contribution in [0.3, 0.4) is 0 Å². The summed E-state index contributed by atoms with van der Waals surface area (Å²) < 4.78 is 5.06. The van der Waals surface area contributed by atoms with E-state index in [1.54, 1.807) is 0 Å². The SMILES string of the molecule is CC(=O)OCC1CN2CCN1CC2C. The molecule has 0 spiro atoms. The summed E-state index contributed by atoms with van der Waals surface area (Å²) in [5.41, 5.74) is 0. The van der Waals surface area contributed by atoms with Crippen molar-refractivity contribution >= 4 is 5.97 Å². The second-order valence-electron chi connectivity index (χ2n) is 4.30. The Balaban J connectivity index is 1.87. The highest BCUT2D eigenvalue weighted by atomic mass is 16.5. The second kappa shape index (κ2) is 3.87. The van der Waals surface area contributed by atoms with Gasteiger partial charge in [0.15, 0.2) is 0 Å². The molecule has 0 radical (unpaired) electrons. The van der Waals surface area contributed by atoms with Gasteiger partial charge in [0, 0.05) is 39.1 Å². The molecule has 3 saturated heterocycles. The lowest BCUT2D eigenvalue weighted by Gasteiger charge is -2.50. The first kappa shape index (κ1) is 9.93. The fourth-order valence-corrected chi connectivity index (χ4v) is 2.38. The second-order valence-corrected chi connectivity index (χ2v) is 4.30. The summed E-state index contributed by atoms with van der Waals surface area (Å²) in [4.78, 5) is 15.6. The summed E-state index contributed by atoms with van der Waals surface area (Å²) >= 11 is 0. The van der Waals surface area contributed by atoms with Crippen molar-refractivity contribution in [1.82, 2.24) is 9.80 Å². The Bertz CT molecular complexity index is 232. The molecule has 3 rings (SSSR count). The Kier molecular flexibility index (Phi) is 2.74. The number of esters is 1. The standard InChI is InChI=1S/C10H18N2O2/c1-8-5-12-4-3-11(8)6-10(12)7-14-9(2)13/h8,10H,3-7H2,1-2H3. The van der Waals surface area contributed by atoms with Gasteiger partial charge in [-0.1, -0.05) is 0 Å². The van der Waals surface area contributed by atoms with Crippen LogP contribution in [-0.4, -0.2) is 60.6 Å². The largest absolute Gasteiger partial charge is 0.464 e. The van der Waals surface area contributed by atoms with Crippen molar-refractivity contribution in [2.24, 2.45) is 0 Å². The number of rotatable bonds is 2. The third kappa shape index (κ3) is 1.91.